The van der Waals surface area contributed by atoms with Crippen LogP contribution in [0.3, 0.4) is 0 Å². The Morgan fingerprint density at radius 1 is 1.21 bits per heavy atom. The van der Waals surface area contributed by atoms with Crippen molar-refractivity contribution in [2.75, 3.05) is 13.2 Å². The summed E-state index contributed by atoms with van der Waals surface area (Å²) in [6, 6.07) is 4.78. The van der Waals surface area contributed by atoms with Gasteiger partial charge in [-0.25, -0.2) is 0 Å². The third kappa shape index (κ3) is 3.86. The SMILES string of the molecule is CCC(CC)NCc1cc(Br)c2c(c1)OCCCO2. The molecule has 1 aliphatic rings. The summed E-state index contributed by atoms with van der Waals surface area (Å²) < 4.78 is 12.4. The maximum atomic E-state index is 5.75. The summed E-state index contributed by atoms with van der Waals surface area (Å²) in [6.45, 7) is 6.73. The van der Waals surface area contributed by atoms with E-state index in [0.717, 1.165) is 55.0 Å². The van der Waals surface area contributed by atoms with Crippen molar-refractivity contribution in [2.24, 2.45) is 0 Å². The minimum atomic E-state index is 0.578. The van der Waals surface area contributed by atoms with Gasteiger partial charge in [0.1, 0.15) is 0 Å². The molecule has 0 amide bonds. The molecule has 1 heterocycles. The highest BCUT2D eigenvalue weighted by atomic mass is 79.9. The van der Waals surface area contributed by atoms with Gasteiger partial charge in [0, 0.05) is 19.0 Å². The molecule has 0 unspecified atom stereocenters. The first-order valence-corrected chi connectivity index (χ1v) is 7.85. The molecule has 4 heteroatoms. The first-order chi connectivity index (χ1) is 9.24. The van der Waals surface area contributed by atoms with Crippen LogP contribution in [0.25, 0.3) is 0 Å². The normalized spacial score (nSPS) is 14.5. The maximum Gasteiger partial charge on any atom is 0.175 e. The van der Waals surface area contributed by atoms with Crippen LogP contribution in [0.5, 0.6) is 11.5 Å². The largest absolute Gasteiger partial charge is 0.490 e. The summed E-state index contributed by atoms with van der Waals surface area (Å²) in [5, 5.41) is 3.57. The fraction of sp³-hybridized carbons (Fsp3) is 0.600. The van der Waals surface area contributed by atoms with Crippen molar-refractivity contribution >= 4 is 15.9 Å². The molecule has 0 saturated heterocycles. The predicted molar refractivity (Wildman–Crippen MR) is 81.0 cm³/mol. The van der Waals surface area contributed by atoms with E-state index in [4.69, 9.17) is 9.47 Å². The Morgan fingerprint density at radius 2 is 1.95 bits per heavy atom. The van der Waals surface area contributed by atoms with Crippen LogP contribution in [0.4, 0.5) is 0 Å². The van der Waals surface area contributed by atoms with Gasteiger partial charge < -0.3 is 14.8 Å². The van der Waals surface area contributed by atoms with E-state index in [2.05, 4.69) is 47.2 Å². The molecular weight excluding hydrogens is 306 g/mol. The summed E-state index contributed by atoms with van der Waals surface area (Å²) in [6.07, 6.45) is 3.24. The van der Waals surface area contributed by atoms with Crippen LogP contribution in [0, 0.1) is 0 Å². The van der Waals surface area contributed by atoms with Crippen LogP contribution in [0.1, 0.15) is 38.7 Å². The van der Waals surface area contributed by atoms with Crippen LogP contribution in [0.15, 0.2) is 16.6 Å². The highest BCUT2D eigenvalue weighted by Gasteiger charge is 2.15. The molecule has 0 aromatic heterocycles. The van der Waals surface area contributed by atoms with Gasteiger partial charge in [-0.05, 0) is 46.5 Å². The van der Waals surface area contributed by atoms with Gasteiger partial charge in [0.15, 0.2) is 11.5 Å². The minimum absolute atomic E-state index is 0.578. The number of halogens is 1. The molecule has 3 nitrogen and oxygen atoms in total. The summed E-state index contributed by atoms with van der Waals surface area (Å²) in [5.41, 5.74) is 1.23. The van der Waals surface area contributed by atoms with Gasteiger partial charge in [-0.2, -0.15) is 0 Å². The van der Waals surface area contributed by atoms with Crippen LogP contribution in [-0.4, -0.2) is 19.3 Å². The summed E-state index contributed by atoms with van der Waals surface area (Å²) in [4.78, 5) is 0. The first-order valence-electron chi connectivity index (χ1n) is 7.06. The van der Waals surface area contributed by atoms with Crippen molar-refractivity contribution in [1.82, 2.24) is 5.32 Å². The first kappa shape index (κ1) is 14.7. The van der Waals surface area contributed by atoms with Gasteiger partial charge >= 0.3 is 0 Å². The van der Waals surface area contributed by atoms with Gasteiger partial charge in [0.25, 0.3) is 0 Å². The number of benzene rings is 1. The van der Waals surface area contributed by atoms with Gasteiger partial charge in [-0.15, -0.1) is 0 Å². The topological polar surface area (TPSA) is 30.5 Å². The standard InChI is InChI=1S/C15H22BrNO2/c1-3-12(4-2)17-10-11-8-13(16)15-14(9-11)18-6-5-7-19-15/h8-9,12,17H,3-7,10H2,1-2H3. The Balaban J connectivity index is 2.10. The van der Waals surface area contributed by atoms with E-state index in [1.165, 1.54) is 5.56 Å². The number of hydrogen-bond donors (Lipinski definition) is 1. The lowest BCUT2D eigenvalue weighted by Gasteiger charge is -2.16. The summed E-state index contributed by atoms with van der Waals surface area (Å²) in [5.74, 6) is 1.69. The quantitative estimate of drug-likeness (QED) is 0.889. The molecule has 0 radical (unpaired) electrons. The van der Waals surface area contributed by atoms with E-state index in [1.807, 2.05) is 0 Å². The second-order valence-electron chi connectivity index (χ2n) is 4.85. The highest BCUT2D eigenvalue weighted by Crippen LogP contribution is 2.38. The monoisotopic (exact) mass is 327 g/mol. The second-order valence-corrected chi connectivity index (χ2v) is 5.70. The Labute approximate surface area is 123 Å². The summed E-state index contributed by atoms with van der Waals surface area (Å²) >= 11 is 3.58. The van der Waals surface area contributed by atoms with Crippen LogP contribution in [-0.2, 0) is 6.54 Å². The van der Waals surface area contributed by atoms with E-state index >= 15 is 0 Å². The molecule has 106 valence electrons. The van der Waals surface area contributed by atoms with E-state index < -0.39 is 0 Å². The van der Waals surface area contributed by atoms with Crippen molar-refractivity contribution in [3.05, 3.63) is 22.2 Å². The molecule has 0 fully saturated rings. The molecule has 1 N–H and O–H groups in total. The fourth-order valence-electron chi connectivity index (χ4n) is 2.23. The van der Waals surface area contributed by atoms with Crippen LogP contribution in [0.2, 0.25) is 0 Å². The number of rotatable bonds is 5. The molecule has 19 heavy (non-hydrogen) atoms. The molecule has 0 aliphatic carbocycles. The molecular formula is C15H22BrNO2. The zero-order valence-electron chi connectivity index (χ0n) is 11.7. The van der Waals surface area contributed by atoms with Gasteiger partial charge in [-0.1, -0.05) is 13.8 Å². The Hall–Kier alpha value is -0.740. The zero-order chi connectivity index (χ0) is 13.7. The Bertz CT molecular complexity index is 419. The Morgan fingerprint density at radius 3 is 2.68 bits per heavy atom. The van der Waals surface area contributed by atoms with Crippen LogP contribution >= 0.6 is 15.9 Å². The smallest absolute Gasteiger partial charge is 0.175 e. The zero-order valence-corrected chi connectivity index (χ0v) is 13.3. The lowest BCUT2D eigenvalue weighted by atomic mass is 10.1. The van der Waals surface area contributed by atoms with E-state index in [1.54, 1.807) is 0 Å². The van der Waals surface area contributed by atoms with E-state index in [9.17, 15) is 0 Å². The lowest BCUT2D eigenvalue weighted by Crippen LogP contribution is -2.27. The lowest BCUT2D eigenvalue weighted by molar-refractivity contribution is 0.296. The molecule has 0 saturated carbocycles. The molecule has 1 aliphatic heterocycles. The third-order valence-electron chi connectivity index (χ3n) is 3.44. The minimum Gasteiger partial charge on any atom is -0.490 e. The number of fused-ring (bicyclic) bond motifs is 1. The van der Waals surface area contributed by atoms with Crippen LogP contribution < -0.4 is 14.8 Å². The average Bonchev–Trinajstić information content (AvgIpc) is 2.65. The van der Waals surface area contributed by atoms with Crippen molar-refractivity contribution in [3.63, 3.8) is 0 Å². The molecule has 1 aromatic carbocycles. The Kier molecular flexibility index (Phi) is 5.52. The van der Waals surface area contributed by atoms with E-state index in [-0.39, 0.29) is 0 Å². The number of ether oxygens (including phenoxy) is 2. The van der Waals surface area contributed by atoms with Crippen molar-refractivity contribution in [3.8, 4) is 11.5 Å². The molecule has 0 bridgehead atoms. The summed E-state index contributed by atoms with van der Waals surface area (Å²) in [7, 11) is 0. The van der Waals surface area contributed by atoms with Gasteiger partial charge in [0.2, 0.25) is 0 Å². The third-order valence-corrected chi connectivity index (χ3v) is 4.03. The van der Waals surface area contributed by atoms with E-state index in [0.29, 0.717) is 6.04 Å². The van der Waals surface area contributed by atoms with Crippen molar-refractivity contribution in [1.29, 1.82) is 0 Å². The molecule has 0 atom stereocenters. The van der Waals surface area contributed by atoms with Crippen molar-refractivity contribution in [2.45, 2.75) is 45.7 Å². The van der Waals surface area contributed by atoms with Crippen molar-refractivity contribution < 1.29 is 9.47 Å². The average molecular weight is 328 g/mol. The predicted octanol–water partition coefficient (Wildman–Crippen LogP) is 3.89. The molecule has 2 rings (SSSR count). The number of nitrogens with one attached hydrogen (secondary N) is 1. The highest BCUT2D eigenvalue weighted by molar-refractivity contribution is 9.10. The second kappa shape index (κ2) is 7.15. The fourth-order valence-corrected chi connectivity index (χ4v) is 2.83. The van der Waals surface area contributed by atoms with Gasteiger partial charge in [-0.3, -0.25) is 0 Å². The molecule has 1 aromatic rings. The number of hydrogen-bond acceptors (Lipinski definition) is 3. The maximum absolute atomic E-state index is 5.75. The molecule has 0 spiro atoms. The van der Waals surface area contributed by atoms with Gasteiger partial charge in [0.05, 0.1) is 17.7 Å².